The van der Waals surface area contributed by atoms with Gasteiger partial charge in [-0.25, -0.2) is 0 Å². The number of benzene rings is 1. The molecule has 35 heavy (non-hydrogen) atoms. The zero-order valence-corrected chi connectivity index (χ0v) is 21.9. The van der Waals surface area contributed by atoms with E-state index in [4.69, 9.17) is 23.2 Å². The third kappa shape index (κ3) is 7.19. The van der Waals surface area contributed by atoms with E-state index >= 15 is 0 Å². The maximum absolute atomic E-state index is 13.5. The Hall–Kier alpha value is -2.62. The van der Waals surface area contributed by atoms with E-state index in [1.165, 1.54) is 28.9 Å². The predicted molar refractivity (Wildman–Crippen MR) is 135 cm³/mol. The summed E-state index contributed by atoms with van der Waals surface area (Å²) in [7, 11) is 2.70. The number of thiophene rings is 1. The molecular formula is C24H27Cl2N3O5S. The quantitative estimate of drug-likeness (QED) is 0.433. The number of likely N-dealkylation sites (N-methyl/N-ethyl adjacent to an activating group) is 1. The van der Waals surface area contributed by atoms with Gasteiger partial charge in [0.15, 0.2) is 0 Å². The van der Waals surface area contributed by atoms with E-state index in [1.54, 1.807) is 29.5 Å². The highest BCUT2D eigenvalue weighted by atomic mass is 35.5. The molecule has 1 aliphatic rings. The molecule has 1 unspecified atom stereocenters. The van der Waals surface area contributed by atoms with E-state index in [0.717, 1.165) is 10.4 Å². The smallest absolute Gasteiger partial charge is 0.325 e. The van der Waals surface area contributed by atoms with Crippen LogP contribution in [0.3, 0.4) is 0 Å². The number of amides is 3. The standard InChI is InChI=1S/C24H27Cl2N3O5S/c1-27(15-23(32)34-2)21(30)13-20-24(33)28(9-7-16-5-6-17(25)12-19(16)26)14-22(31)29(20)10-8-18-4-3-11-35-18/h3-6,11-12,20H,7-10,13-15H2,1-2H3. The van der Waals surface area contributed by atoms with Crippen LogP contribution in [0.15, 0.2) is 35.7 Å². The van der Waals surface area contributed by atoms with Crippen LogP contribution in [0.25, 0.3) is 0 Å². The Morgan fingerprint density at radius 2 is 1.94 bits per heavy atom. The minimum atomic E-state index is -0.954. The third-order valence-corrected chi connectivity index (χ3v) is 7.38. The SMILES string of the molecule is COC(=O)CN(C)C(=O)CC1C(=O)N(CCc2ccc(Cl)cc2Cl)CC(=O)N1CCc1cccs1. The van der Waals surface area contributed by atoms with Crippen molar-refractivity contribution in [1.29, 1.82) is 0 Å². The first-order valence-electron chi connectivity index (χ1n) is 11.0. The molecule has 1 atom stereocenters. The summed E-state index contributed by atoms with van der Waals surface area (Å²) in [6.45, 7) is 0.281. The number of esters is 1. The van der Waals surface area contributed by atoms with Gasteiger partial charge in [-0.2, -0.15) is 0 Å². The first-order chi connectivity index (χ1) is 16.7. The Morgan fingerprint density at radius 1 is 1.17 bits per heavy atom. The van der Waals surface area contributed by atoms with Gasteiger partial charge in [-0.15, -0.1) is 11.3 Å². The molecule has 0 aliphatic carbocycles. The molecule has 0 bridgehead atoms. The molecule has 8 nitrogen and oxygen atoms in total. The van der Waals surface area contributed by atoms with Gasteiger partial charge in [-0.3, -0.25) is 19.2 Å². The number of hydrogen-bond donors (Lipinski definition) is 0. The highest BCUT2D eigenvalue weighted by Gasteiger charge is 2.40. The van der Waals surface area contributed by atoms with E-state index in [2.05, 4.69) is 4.74 Å². The van der Waals surface area contributed by atoms with Gasteiger partial charge in [0.25, 0.3) is 0 Å². The van der Waals surface area contributed by atoms with Crippen LogP contribution in [0, 0.1) is 0 Å². The van der Waals surface area contributed by atoms with Crippen molar-refractivity contribution in [2.24, 2.45) is 0 Å². The van der Waals surface area contributed by atoms with Gasteiger partial charge in [-0.1, -0.05) is 35.3 Å². The van der Waals surface area contributed by atoms with Gasteiger partial charge >= 0.3 is 5.97 Å². The number of rotatable bonds is 10. The summed E-state index contributed by atoms with van der Waals surface area (Å²) in [4.78, 5) is 56.2. The number of hydrogen-bond acceptors (Lipinski definition) is 6. The van der Waals surface area contributed by atoms with Crippen molar-refractivity contribution in [2.45, 2.75) is 25.3 Å². The second-order valence-corrected chi connectivity index (χ2v) is 10.1. The number of carbonyl (C=O) groups excluding carboxylic acids is 4. The Kier molecular flexibility index (Phi) is 9.54. The number of nitrogens with zero attached hydrogens (tertiary/aromatic N) is 3. The molecule has 0 spiro atoms. The summed E-state index contributed by atoms with van der Waals surface area (Å²) in [6, 6.07) is 8.08. The van der Waals surface area contributed by atoms with Crippen LogP contribution >= 0.6 is 34.5 Å². The molecule has 0 N–H and O–H groups in total. The number of methoxy groups -OCH3 is 1. The van der Waals surface area contributed by atoms with Gasteiger partial charge in [0.2, 0.25) is 17.7 Å². The number of halogens is 2. The summed E-state index contributed by atoms with van der Waals surface area (Å²) >= 11 is 13.8. The van der Waals surface area contributed by atoms with Crippen LogP contribution in [0.4, 0.5) is 0 Å². The highest BCUT2D eigenvalue weighted by molar-refractivity contribution is 7.09. The highest BCUT2D eigenvalue weighted by Crippen LogP contribution is 2.23. The van der Waals surface area contributed by atoms with E-state index in [1.807, 2.05) is 17.5 Å². The van der Waals surface area contributed by atoms with Crippen LogP contribution in [-0.4, -0.2) is 84.8 Å². The van der Waals surface area contributed by atoms with Gasteiger partial charge in [0.05, 0.1) is 20.1 Å². The van der Waals surface area contributed by atoms with Crippen LogP contribution in [-0.2, 0) is 36.8 Å². The monoisotopic (exact) mass is 539 g/mol. The molecule has 2 heterocycles. The lowest BCUT2D eigenvalue weighted by atomic mass is 10.0. The lowest BCUT2D eigenvalue weighted by Crippen LogP contribution is -2.61. The second-order valence-electron chi connectivity index (χ2n) is 8.21. The second kappa shape index (κ2) is 12.4. The molecule has 1 fully saturated rings. The molecule has 1 aromatic heterocycles. The molecule has 188 valence electrons. The van der Waals surface area contributed by atoms with E-state index in [9.17, 15) is 19.2 Å². The average molecular weight is 540 g/mol. The molecular weight excluding hydrogens is 513 g/mol. The van der Waals surface area contributed by atoms with Crippen molar-refractivity contribution >= 4 is 58.2 Å². The van der Waals surface area contributed by atoms with Gasteiger partial charge < -0.3 is 19.4 Å². The zero-order valence-electron chi connectivity index (χ0n) is 19.5. The Balaban J connectivity index is 1.75. The van der Waals surface area contributed by atoms with Crippen molar-refractivity contribution < 1.29 is 23.9 Å². The molecule has 0 saturated carbocycles. The van der Waals surface area contributed by atoms with Crippen LogP contribution in [0.5, 0.6) is 0 Å². The Bertz CT molecular complexity index is 1080. The number of ether oxygens (including phenoxy) is 1. The summed E-state index contributed by atoms with van der Waals surface area (Å²) in [5.74, 6) is -1.52. The Morgan fingerprint density at radius 3 is 2.60 bits per heavy atom. The molecule has 1 aliphatic heterocycles. The van der Waals surface area contributed by atoms with Crippen molar-refractivity contribution in [1.82, 2.24) is 14.7 Å². The number of piperazine rings is 1. The minimum Gasteiger partial charge on any atom is -0.468 e. The summed E-state index contributed by atoms with van der Waals surface area (Å²) in [6.07, 6.45) is 0.799. The van der Waals surface area contributed by atoms with Gasteiger partial charge in [0.1, 0.15) is 12.6 Å². The van der Waals surface area contributed by atoms with Gasteiger partial charge in [-0.05, 0) is 42.0 Å². The van der Waals surface area contributed by atoms with Crippen LogP contribution in [0.1, 0.15) is 16.9 Å². The first-order valence-corrected chi connectivity index (χ1v) is 12.7. The lowest BCUT2D eigenvalue weighted by Gasteiger charge is -2.40. The fourth-order valence-electron chi connectivity index (χ4n) is 3.85. The van der Waals surface area contributed by atoms with Crippen molar-refractivity contribution in [3.05, 3.63) is 56.2 Å². The molecule has 3 amide bonds. The summed E-state index contributed by atoms with van der Waals surface area (Å²) in [5, 5.41) is 2.95. The molecule has 1 saturated heterocycles. The van der Waals surface area contributed by atoms with Crippen molar-refractivity contribution in [3.63, 3.8) is 0 Å². The normalized spacial score (nSPS) is 15.9. The van der Waals surface area contributed by atoms with E-state index in [0.29, 0.717) is 29.4 Å². The minimum absolute atomic E-state index is 0.0722. The topological polar surface area (TPSA) is 87.2 Å². The average Bonchev–Trinajstić information content (AvgIpc) is 3.34. The molecule has 1 aromatic carbocycles. The maximum Gasteiger partial charge on any atom is 0.325 e. The summed E-state index contributed by atoms with van der Waals surface area (Å²) < 4.78 is 4.62. The molecule has 2 aromatic rings. The molecule has 0 radical (unpaired) electrons. The van der Waals surface area contributed by atoms with Crippen LogP contribution < -0.4 is 0 Å². The predicted octanol–water partition coefficient (Wildman–Crippen LogP) is 2.90. The maximum atomic E-state index is 13.5. The fraction of sp³-hybridized carbons (Fsp3) is 0.417. The summed E-state index contributed by atoms with van der Waals surface area (Å²) in [5.41, 5.74) is 0.807. The van der Waals surface area contributed by atoms with E-state index in [-0.39, 0.29) is 37.9 Å². The lowest BCUT2D eigenvalue weighted by molar-refractivity contribution is -0.158. The van der Waals surface area contributed by atoms with Crippen molar-refractivity contribution in [3.8, 4) is 0 Å². The number of carbonyl (C=O) groups is 4. The van der Waals surface area contributed by atoms with Crippen molar-refractivity contribution in [2.75, 3.05) is 40.3 Å². The molecule has 11 heteroatoms. The third-order valence-electron chi connectivity index (χ3n) is 5.85. The Labute approximate surface area is 218 Å². The largest absolute Gasteiger partial charge is 0.468 e. The fourth-order valence-corrected chi connectivity index (χ4v) is 5.05. The van der Waals surface area contributed by atoms with E-state index < -0.39 is 17.9 Å². The van der Waals surface area contributed by atoms with Gasteiger partial charge in [0, 0.05) is 35.1 Å². The zero-order chi connectivity index (χ0) is 25.5. The van der Waals surface area contributed by atoms with Crippen LogP contribution in [0.2, 0.25) is 10.0 Å². The first kappa shape index (κ1) is 27.0. The molecule has 3 rings (SSSR count).